The summed E-state index contributed by atoms with van der Waals surface area (Å²) in [6.45, 7) is 5.29. The number of rotatable bonds is 2. The van der Waals surface area contributed by atoms with E-state index in [1.165, 1.54) is 6.92 Å². The number of nitrogens with zero attached hydrogens (tertiary/aromatic N) is 2. The fraction of sp³-hybridized carbons (Fsp3) is 0.250. The average molecular weight is 262 g/mol. The van der Waals surface area contributed by atoms with Gasteiger partial charge in [0.25, 0.3) is 0 Å². The van der Waals surface area contributed by atoms with E-state index in [9.17, 15) is 4.79 Å². The van der Waals surface area contributed by atoms with Crippen molar-refractivity contribution in [3.05, 3.63) is 23.3 Å². The van der Waals surface area contributed by atoms with Crippen molar-refractivity contribution >= 4 is 29.2 Å². The molecule has 7 heteroatoms. The van der Waals surface area contributed by atoms with Gasteiger partial charge < -0.3 is 22.5 Å². The molecule has 0 saturated heterocycles. The van der Waals surface area contributed by atoms with E-state index in [1.54, 1.807) is 6.07 Å². The van der Waals surface area contributed by atoms with Crippen LogP contribution in [0.5, 0.6) is 0 Å². The Labute approximate surface area is 111 Å². The molecular formula is C12H18N6O. The van der Waals surface area contributed by atoms with Gasteiger partial charge in [0.1, 0.15) is 0 Å². The molecule has 0 aromatic heterocycles. The Hall–Kier alpha value is -2.57. The van der Waals surface area contributed by atoms with Gasteiger partial charge in [-0.3, -0.25) is 4.79 Å². The maximum atomic E-state index is 11.2. The van der Waals surface area contributed by atoms with E-state index in [-0.39, 0.29) is 17.8 Å². The number of nitrogens with one attached hydrogen (secondary N) is 1. The first-order valence-corrected chi connectivity index (χ1v) is 5.62. The van der Waals surface area contributed by atoms with Gasteiger partial charge >= 0.3 is 0 Å². The zero-order valence-corrected chi connectivity index (χ0v) is 11.2. The lowest BCUT2D eigenvalue weighted by atomic mass is 10.1. The Kier molecular flexibility index (Phi) is 4.46. The monoisotopic (exact) mass is 262 g/mol. The number of amides is 1. The van der Waals surface area contributed by atoms with E-state index in [2.05, 4.69) is 15.3 Å². The summed E-state index contributed by atoms with van der Waals surface area (Å²) in [5, 5.41) is 2.69. The molecule has 1 aromatic carbocycles. The van der Waals surface area contributed by atoms with Crippen LogP contribution in [-0.2, 0) is 4.79 Å². The number of aryl methyl sites for hydroxylation is 2. The topological polar surface area (TPSA) is 132 Å². The summed E-state index contributed by atoms with van der Waals surface area (Å²) >= 11 is 0. The van der Waals surface area contributed by atoms with Crippen LogP contribution >= 0.6 is 0 Å². The molecule has 1 aromatic rings. The molecule has 0 saturated carbocycles. The number of carbonyl (C=O) groups excluding carboxylic acids is 1. The first-order chi connectivity index (χ1) is 8.79. The second-order valence-electron chi connectivity index (χ2n) is 4.14. The molecule has 0 aliphatic heterocycles. The van der Waals surface area contributed by atoms with E-state index in [1.807, 2.05) is 19.9 Å². The molecule has 1 amide bonds. The molecule has 102 valence electrons. The van der Waals surface area contributed by atoms with Crippen molar-refractivity contribution < 1.29 is 4.79 Å². The first kappa shape index (κ1) is 14.5. The van der Waals surface area contributed by atoms with Gasteiger partial charge in [-0.25, -0.2) is 4.99 Å². The summed E-state index contributed by atoms with van der Waals surface area (Å²) in [7, 11) is 0. The number of aliphatic imine (C=N–C) groups is 2. The molecule has 0 heterocycles. The zero-order chi connectivity index (χ0) is 14.6. The molecule has 0 aliphatic carbocycles. The Morgan fingerprint density at radius 3 is 2.26 bits per heavy atom. The van der Waals surface area contributed by atoms with Crippen molar-refractivity contribution in [2.75, 3.05) is 5.32 Å². The van der Waals surface area contributed by atoms with Crippen LogP contribution in [0.2, 0.25) is 0 Å². The largest absolute Gasteiger partial charge is 0.370 e. The molecule has 1 rings (SSSR count). The van der Waals surface area contributed by atoms with Gasteiger partial charge in [0.2, 0.25) is 11.9 Å². The summed E-state index contributed by atoms with van der Waals surface area (Å²) in [5.74, 6) is -0.443. The fourth-order valence-corrected chi connectivity index (χ4v) is 1.46. The second kappa shape index (κ2) is 5.85. The van der Waals surface area contributed by atoms with Crippen molar-refractivity contribution in [1.29, 1.82) is 0 Å². The molecule has 0 fully saturated rings. The van der Waals surface area contributed by atoms with Gasteiger partial charge in [-0.1, -0.05) is 0 Å². The van der Waals surface area contributed by atoms with E-state index in [4.69, 9.17) is 17.2 Å². The predicted molar refractivity (Wildman–Crippen MR) is 77.3 cm³/mol. The molecule has 7 N–H and O–H groups in total. The maximum absolute atomic E-state index is 11.2. The van der Waals surface area contributed by atoms with Crippen LogP contribution in [0.25, 0.3) is 0 Å². The van der Waals surface area contributed by atoms with Gasteiger partial charge in [0.15, 0.2) is 5.96 Å². The Morgan fingerprint density at radius 2 is 1.74 bits per heavy atom. The number of benzene rings is 1. The minimum atomic E-state index is -0.194. The van der Waals surface area contributed by atoms with Crippen LogP contribution in [0.1, 0.15) is 18.1 Å². The van der Waals surface area contributed by atoms with Crippen LogP contribution in [0.3, 0.4) is 0 Å². The molecule has 0 spiro atoms. The lowest BCUT2D eigenvalue weighted by molar-refractivity contribution is -0.114. The van der Waals surface area contributed by atoms with Gasteiger partial charge in [-0.15, -0.1) is 0 Å². The highest BCUT2D eigenvalue weighted by Gasteiger charge is 2.07. The summed E-state index contributed by atoms with van der Waals surface area (Å²) in [4.78, 5) is 18.9. The number of anilines is 1. The minimum absolute atomic E-state index is 0.0742. The van der Waals surface area contributed by atoms with E-state index >= 15 is 0 Å². The standard InChI is InChI=1S/C12H18N6O/c1-6-4-9(16-8(3)19)10(5-7(6)2)17-12(15)18-11(13)14/h4-5H,1-3H3,(H,16,19)(H6,13,14,15,17,18). The zero-order valence-electron chi connectivity index (χ0n) is 11.2. The number of hydrogen-bond acceptors (Lipinski definition) is 2. The highest BCUT2D eigenvalue weighted by molar-refractivity contribution is 5.96. The van der Waals surface area contributed by atoms with Crippen LogP contribution in [-0.4, -0.2) is 17.8 Å². The molecule has 0 bridgehead atoms. The highest BCUT2D eigenvalue weighted by Crippen LogP contribution is 2.28. The normalized spacial score (nSPS) is 11.0. The Bertz CT molecular complexity index is 558. The molecule has 0 aliphatic rings. The van der Waals surface area contributed by atoms with E-state index < -0.39 is 0 Å². The average Bonchev–Trinajstić information content (AvgIpc) is 2.23. The molecular weight excluding hydrogens is 244 g/mol. The van der Waals surface area contributed by atoms with Gasteiger partial charge in [0, 0.05) is 6.92 Å². The van der Waals surface area contributed by atoms with Crippen molar-refractivity contribution in [2.45, 2.75) is 20.8 Å². The quantitative estimate of drug-likeness (QED) is 0.456. The summed E-state index contributed by atoms with van der Waals surface area (Å²) < 4.78 is 0. The third-order valence-electron chi connectivity index (χ3n) is 2.40. The van der Waals surface area contributed by atoms with Crippen molar-refractivity contribution in [2.24, 2.45) is 27.2 Å². The molecule has 19 heavy (non-hydrogen) atoms. The minimum Gasteiger partial charge on any atom is -0.370 e. The lowest BCUT2D eigenvalue weighted by Gasteiger charge is -2.10. The summed E-state index contributed by atoms with van der Waals surface area (Å²) in [5.41, 5.74) is 19.1. The molecule has 7 nitrogen and oxygen atoms in total. The van der Waals surface area contributed by atoms with Crippen LogP contribution in [0.15, 0.2) is 22.1 Å². The van der Waals surface area contributed by atoms with E-state index in [0.29, 0.717) is 11.4 Å². The number of guanidine groups is 2. The van der Waals surface area contributed by atoms with Crippen molar-refractivity contribution in [3.63, 3.8) is 0 Å². The third kappa shape index (κ3) is 4.30. The fourth-order valence-electron chi connectivity index (χ4n) is 1.46. The summed E-state index contributed by atoms with van der Waals surface area (Å²) in [6.07, 6.45) is 0. The second-order valence-corrected chi connectivity index (χ2v) is 4.14. The lowest BCUT2D eigenvalue weighted by Crippen LogP contribution is -2.26. The SMILES string of the molecule is CC(=O)Nc1cc(C)c(C)cc1N=C(N)N=C(N)N. The van der Waals surface area contributed by atoms with Crippen LogP contribution in [0, 0.1) is 13.8 Å². The predicted octanol–water partition coefficient (Wildman–Crippen LogP) is 0.481. The number of hydrogen-bond donors (Lipinski definition) is 4. The van der Waals surface area contributed by atoms with E-state index in [0.717, 1.165) is 11.1 Å². The van der Waals surface area contributed by atoms with Gasteiger partial charge in [-0.05, 0) is 37.1 Å². The van der Waals surface area contributed by atoms with Crippen LogP contribution in [0.4, 0.5) is 11.4 Å². The first-order valence-electron chi connectivity index (χ1n) is 5.62. The Morgan fingerprint density at radius 1 is 1.16 bits per heavy atom. The van der Waals surface area contributed by atoms with Gasteiger partial charge in [0.05, 0.1) is 11.4 Å². The molecule has 0 radical (unpaired) electrons. The number of nitrogens with two attached hydrogens (primary N) is 3. The smallest absolute Gasteiger partial charge is 0.223 e. The number of carbonyl (C=O) groups is 1. The Balaban J connectivity index is 3.28. The molecule has 0 unspecified atom stereocenters. The van der Waals surface area contributed by atoms with Gasteiger partial charge in [-0.2, -0.15) is 4.99 Å². The van der Waals surface area contributed by atoms with Crippen molar-refractivity contribution in [1.82, 2.24) is 0 Å². The van der Waals surface area contributed by atoms with Crippen molar-refractivity contribution in [3.8, 4) is 0 Å². The molecule has 0 atom stereocenters. The van der Waals surface area contributed by atoms with Crippen LogP contribution < -0.4 is 22.5 Å². The maximum Gasteiger partial charge on any atom is 0.223 e. The highest BCUT2D eigenvalue weighted by atomic mass is 16.1. The summed E-state index contributed by atoms with van der Waals surface area (Å²) in [6, 6.07) is 3.62. The third-order valence-corrected chi connectivity index (χ3v) is 2.40.